The first-order valence-electron chi connectivity index (χ1n) is 7.21. The van der Waals surface area contributed by atoms with Crippen LogP contribution in [0.15, 0.2) is 35.2 Å². The van der Waals surface area contributed by atoms with Crippen molar-refractivity contribution in [2.24, 2.45) is 0 Å². The van der Waals surface area contributed by atoms with Crippen LogP contribution in [0.4, 0.5) is 5.69 Å². The van der Waals surface area contributed by atoms with Gasteiger partial charge in [0.1, 0.15) is 0 Å². The maximum absolute atomic E-state index is 12.6. The molecule has 6 nitrogen and oxygen atoms in total. The summed E-state index contributed by atoms with van der Waals surface area (Å²) in [6.45, 7) is 1.80. The Hall–Kier alpha value is -2.25. The normalized spacial score (nSPS) is 11.1. The first-order valence-corrected chi connectivity index (χ1v) is 9.48. The topological polar surface area (TPSA) is 81.7 Å². The van der Waals surface area contributed by atoms with Gasteiger partial charge < -0.3 is 14.8 Å². The minimum absolute atomic E-state index is 0.0195. The van der Waals surface area contributed by atoms with Gasteiger partial charge in [-0.05, 0) is 36.8 Å². The van der Waals surface area contributed by atoms with Crippen LogP contribution in [0.25, 0.3) is 0 Å². The summed E-state index contributed by atoms with van der Waals surface area (Å²) in [5.41, 5.74) is 1.32. The zero-order valence-electron chi connectivity index (χ0n) is 14.2. The van der Waals surface area contributed by atoms with Crippen molar-refractivity contribution in [3.8, 4) is 11.5 Å². The number of methoxy groups -OCH3 is 2. The maximum atomic E-state index is 12.6. The molecule has 134 valence electrons. The summed E-state index contributed by atoms with van der Waals surface area (Å²) in [5.74, 6) is 0.473. The average Bonchev–Trinajstić information content (AvgIpc) is 2.55. The monoisotopic (exact) mass is 383 g/mol. The van der Waals surface area contributed by atoms with Crippen molar-refractivity contribution in [3.63, 3.8) is 0 Å². The number of ether oxygens (including phenoxy) is 2. The number of amides is 1. The van der Waals surface area contributed by atoms with E-state index in [1.807, 2.05) is 0 Å². The van der Waals surface area contributed by atoms with Crippen LogP contribution in [0.2, 0.25) is 5.02 Å². The van der Waals surface area contributed by atoms with Gasteiger partial charge in [-0.15, -0.1) is 0 Å². The van der Waals surface area contributed by atoms with Crippen molar-refractivity contribution in [3.05, 3.63) is 46.5 Å². The predicted molar refractivity (Wildman–Crippen MR) is 96.8 cm³/mol. The lowest BCUT2D eigenvalue weighted by Gasteiger charge is -2.14. The lowest BCUT2D eigenvalue weighted by molar-refractivity contribution is 0.102. The SMILES string of the molecule is COc1cc(C)c(NC(=O)c2cc(S(C)(=O)=O)ccc2Cl)cc1OC. The summed E-state index contributed by atoms with van der Waals surface area (Å²) in [5, 5.41) is 2.87. The van der Waals surface area contributed by atoms with Gasteiger partial charge in [-0.1, -0.05) is 11.6 Å². The van der Waals surface area contributed by atoms with Crippen molar-refractivity contribution in [2.75, 3.05) is 25.8 Å². The smallest absolute Gasteiger partial charge is 0.257 e. The van der Waals surface area contributed by atoms with Gasteiger partial charge in [-0.3, -0.25) is 4.79 Å². The molecule has 0 spiro atoms. The molecule has 0 radical (unpaired) electrons. The molecule has 1 N–H and O–H groups in total. The highest BCUT2D eigenvalue weighted by Gasteiger charge is 2.17. The van der Waals surface area contributed by atoms with Crippen LogP contribution in [-0.4, -0.2) is 34.8 Å². The molecule has 0 aliphatic carbocycles. The predicted octanol–water partition coefficient (Wildman–Crippen LogP) is 3.32. The van der Waals surface area contributed by atoms with E-state index in [0.717, 1.165) is 11.8 Å². The Morgan fingerprint density at radius 2 is 1.68 bits per heavy atom. The van der Waals surface area contributed by atoms with Gasteiger partial charge in [-0.25, -0.2) is 8.42 Å². The van der Waals surface area contributed by atoms with E-state index in [9.17, 15) is 13.2 Å². The quantitative estimate of drug-likeness (QED) is 0.856. The molecule has 0 heterocycles. The number of hydrogen-bond acceptors (Lipinski definition) is 5. The number of sulfone groups is 1. The second kappa shape index (κ2) is 7.33. The number of benzene rings is 2. The van der Waals surface area contributed by atoms with E-state index in [4.69, 9.17) is 21.1 Å². The molecule has 0 unspecified atom stereocenters. The van der Waals surface area contributed by atoms with E-state index in [2.05, 4.69) is 5.32 Å². The molecule has 25 heavy (non-hydrogen) atoms. The standard InChI is InChI=1S/C17H18ClNO5S/c1-10-7-15(23-2)16(24-3)9-14(10)19-17(20)12-8-11(25(4,21)22)5-6-13(12)18/h5-9H,1-4H3,(H,19,20). The highest BCUT2D eigenvalue weighted by Crippen LogP contribution is 2.33. The van der Waals surface area contributed by atoms with Gasteiger partial charge >= 0.3 is 0 Å². The van der Waals surface area contributed by atoms with Crippen LogP contribution in [0.3, 0.4) is 0 Å². The third-order valence-corrected chi connectivity index (χ3v) is 5.03. The number of nitrogens with one attached hydrogen (secondary N) is 1. The maximum Gasteiger partial charge on any atom is 0.257 e. The van der Waals surface area contributed by atoms with Gasteiger partial charge in [0.2, 0.25) is 0 Å². The minimum Gasteiger partial charge on any atom is -0.493 e. The second-order valence-corrected chi connectivity index (χ2v) is 7.81. The lowest BCUT2D eigenvalue weighted by atomic mass is 10.1. The van der Waals surface area contributed by atoms with Crippen molar-refractivity contribution in [1.29, 1.82) is 0 Å². The molecule has 0 atom stereocenters. The molecule has 0 aliphatic heterocycles. The van der Waals surface area contributed by atoms with Gasteiger partial charge in [0.15, 0.2) is 21.3 Å². The minimum atomic E-state index is -3.45. The molecule has 0 saturated heterocycles. The van der Waals surface area contributed by atoms with Crippen LogP contribution in [-0.2, 0) is 9.84 Å². The van der Waals surface area contributed by atoms with E-state index in [0.29, 0.717) is 17.2 Å². The molecular weight excluding hydrogens is 366 g/mol. The van der Waals surface area contributed by atoms with Crippen LogP contribution in [0.5, 0.6) is 11.5 Å². The fraction of sp³-hybridized carbons (Fsp3) is 0.235. The van der Waals surface area contributed by atoms with Gasteiger partial charge in [0, 0.05) is 18.0 Å². The molecular formula is C17H18ClNO5S. The third kappa shape index (κ3) is 4.24. The molecule has 0 fully saturated rings. The van der Waals surface area contributed by atoms with E-state index in [1.54, 1.807) is 19.1 Å². The highest BCUT2D eigenvalue weighted by atomic mass is 35.5. The number of anilines is 1. The Labute approximate surface area is 151 Å². The fourth-order valence-corrected chi connectivity index (χ4v) is 3.06. The summed E-state index contributed by atoms with van der Waals surface area (Å²) in [6.07, 6.45) is 1.07. The van der Waals surface area contributed by atoms with Crippen LogP contribution < -0.4 is 14.8 Å². The summed E-state index contributed by atoms with van der Waals surface area (Å²) < 4.78 is 33.8. The molecule has 2 rings (SSSR count). The second-order valence-electron chi connectivity index (χ2n) is 5.39. The number of rotatable bonds is 5. The molecule has 0 bridgehead atoms. The fourth-order valence-electron chi connectivity index (χ4n) is 2.21. The van der Waals surface area contributed by atoms with E-state index < -0.39 is 15.7 Å². The molecule has 2 aromatic rings. The molecule has 2 aromatic carbocycles. The van der Waals surface area contributed by atoms with Gasteiger partial charge in [-0.2, -0.15) is 0 Å². The van der Waals surface area contributed by atoms with E-state index in [-0.39, 0.29) is 15.5 Å². The van der Waals surface area contributed by atoms with Crippen LogP contribution in [0.1, 0.15) is 15.9 Å². The summed E-state index contributed by atoms with van der Waals surface area (Å²) in [6, 6.07) is 7.34. The molecule has 0 aromatic heterocycles. The average molecular weight is 384 g/mol. The van der Waals surface area contributed by atoms with Crippen molar-refractivity contribution in [2.45, 2.75) is 11.8 Å². The lowest BCUT2D eigenvalue weighted by Crippen LogP contribution is -2.14. The molecule has 0 aliphatic rings. The van der Waals surface area contributed by atoms with E-state index >= 15 is 0 Å². The van der Waals surface area contributed by atoms with Gasteiger partial charge in [0.25, 0.3) is 5.91 Å². The Balaban J connectivity index is 2.41. The zero-order valence-corrected chi connectivity index (χ0v) is 15.8. The summed E-state index contributed by atoms with van der Waals surface area (Å²) in [4.78, 5) is 12.6. The zero-order chi connectivity index (χ0) is 18.8. The number of carbonyl (C=O) groups is 1. The third-order valence-electron chi connectivity index (χ3n) is 3.59. The molecule has 1 amide bonds. The van der Waals surface area contributed by atoms with Crippen LogP contribution >= 0.6 is 11.6 Å². The number of hydrogen-bond donors (Lipinski definition) is 1. The Kier molecular flexibility index (Phi) is 5.59. The number of carbonyl (C=O) groups excluding carboxylic acids is 1. The first kappa shape index (κ1) is 19.1. The largest absolute Gasteiger partial charge is 0.493 e. The van der Waals surface area contributed by atoms with Gasteiger partial charge in [0.05, 0.1) is 29.7 Å². The molecule has 0 saturated carbocycles. The van der Waals surface area contributed by atoms with Crippen molar-refractivity contribution >= 4 is 33.0 Å². The van der Waals surface area contributed by atoms with Crippen LogP contribution in [0, 0.1) is 6.92 Å². The Bertz CT molecular complexity index is 925. The number of halogens is 1. The van der Waals surface area contributed by atoms with E-state index in [1.165, 1.54) is 32.4 Å². The first-order chi connectivity index (χ1) is 11.7. The number of aryl methyl sites for hydroxylation is 1. The Morgan fingerprint density at radius 1 is 1.08 bits per heavy atom. The summed E-state index contributed by atoms with van der Waals surface area (Å²) in [7, 11) is -0.440. The van der Waals surface area contributed by atoms with Crippen molar-refractivity contribution < 1.29 is 22.7 Å². The highest BCUT2D eigenvalue weighted by molar-refractivity contribution is 7.90. The Morgan fingerprint density at radius 3 is 2.24 bits per heavy atom. The summed E-state index contributed by atoms with van der Waals surface area (Å²) >= 11 is 6.05. The van der Waals surface area contributed by atoms with Crippen molar-refractivity contribution in [1.82, 2.24) is 0 Å². The molecule has 8 heteroatoms.